The number of cyclic esters (lactones) is 2. The molecule has 1 aromatic rings. The van der Waals surface area contributed by atoms with Gasteiger partial charge in [-0.2, -0.15) is 0 Å². The van der Waals surface area contributed by atoms with Crippen LogP contribution in [-0.2, 0) is 9.47 Å². The summed E-state index contributed by atoms with van der Waals surface area (Å²) in [5.74, 6) is -1.86. The van der Waals surface area contributed by atoms with Gasteiger partial charge in [-0.05, 0) is 24.6 Å². The Hall–Kier alpha value is -2.17. The molecule has 5 heteroatoms. The molecule has 5 nitrogen and oxygen atoms in total. The maximum atomic E-state index is 12.0. The van der Waals surface area contributed by atoms with E-state index in [0.29, 0.717) is 6.61 Å². The lowest BCUT2D eigenvalue weighted by Crippen LogP contribution is -2.08. The molecule has 0 fully saturated rings. The molecule has 0 spiro atoms. The summed E-state index contributed by atoms with van der Waals surface area (Å²) in [5.41, 5.74) is 0.590. The number of esters is 3. The number of unbranched alkanes of at least 4 members (excludes halogenated alkanes) is 9. The number of hydrogen-bond acceptors (Lipinski definition) is 5. The topological polar surface area (TPSA) is 69.7 Å². The van der Waals surface area contributed by atoms with Gasteiger partial charge in [-0.25, -0.2) is 14.4 Å². The molecule has 0 radical (unpaired) electrons. The first-order valence-corrected chi connectivity index (χ1v) is 9.71. The summed E-state index contributed by atoms with van der Waals surface area (Å²) >= 11 is 0. The van der Waals surface area contributed by atoms with Crippen LogP contribution in [0.15, 0.2) is 18.2 Å². The second-order valence-corrected chi connectivity index (χ2v) is 6.76. The molecule has 0 unspecified atom stereocenters. The molecule has 0 saturated heterocycles. The van der Waals surface area contributed by atoms with Crippen LogP contribution < -0.4 is 0 Å². The van der Waals surface area contributed by atoms with Gasteiger partial charge >= 0.3 is 17.9 Å². The lowest BCUT2D eigenvalue weighted by molar-refractivity contribution is 0.0442. The highest BCUT2D eigenvalue weighted by Crippen LogP contribution is 2.21. The zero-order valence-corrected chi connectivity index (χ0v) is 15.6. The van der Waals surface area contributed by atoms with Crippen molar-refractivity contribution in [3.05, 3.63) is 34.9 Å². The van der Waals surface area contributed by atoms with Gasteiger partial charge in [-0.3, -0.25) is 0 Å². The molecular formula is C21H28O5. The first-order chi connectivity index (χ1) is 12.6. The van der Waals surface area contributed by atoms with Gasteiger partial charge in [0.25, 0.3) is 0 Å². The molecule has 1 aliphatic heterocycles. The summed E-state index contributed by atoms with van der Waals surface area (Å²) in [6, 6.07) is 4.28. The van der Waals surface area contributed by atoms with Crippen LogP contribution in [0.4, 0.5) is 0 Å². The maximum absolute atomic E-state index is 12.0. The molecule has 1 aromatic carbocycles. The number of rotatable bonds is 12. The molecule has 0 atom stereocenters. The van der Waals surface area contributed by atoms with E-state index in [0.717, 1.165) is 19.3 Å². The highest BCUT2D eigenvalue weighted by molar-refractivity contribution is 6.15. The average molecular weight is 360 g/mol. The largest absolute Gasteiger partial charge is 0.462 e. The van der Waals surface area contributed by atoms with Crippen molar-refractivity contribution in [2.24, 2.45) is 0 Å². The number of carbonyl (C=O) groups excluding carboxylic acids is 3. The molecule has 0 N–H and O–H groups in total. The first-order valence-electron chi connectivity index (χ1n) is 9.71. The van der Waals surface area contributed by atoms with Crippen molar-refractivity contribution in [2.75, 3.05) is 6.61 Å². The van der Waals surface area contributed by atoms with E-state index < -0.39 is 17.9 Å². The van der Waals surface area contributed by atoms with E-state index in [9.17, 15) is 14.4 Å². The first kappa shape index (κ1) is 20.1. The third kappa shape index (κ3) is 5.97. The fourth-order valence-corrected chi connectivity index (χ4v) is 3.05. The zero-order chi connectivity index (χ0) is 18.8. The van der Waals surface area contributed by atoms with E-state index in [2.05, 4.69) is 11.7 Å². The van der Waals surface area contributed by atoms with Crippen molar-refractivity contribution in [2.45, 2.75) is 71.1 Å². The van der Waals surface area contributed by atoms with Crippen LogP contribution in [0.1, 0.15) is 102 Å². The third-order valence-corrected chi connectivity index (χ3v) is 4.61. The number of hydrogen-bond donors (Lipinski definition) is 0. The molecule has 1 aliphatic rings. The fourth-order valence-electron chi connectivity index (χ4n) is 3.05. The highest BCUT2D eigenvalue weighted by Gasteiger charge is 2.30. The predicted molar refractivity (Wildman–Crippen MR) is 98.3 cm³/mol. The summed E-state index contributed by atoms with van der Waals surface area (Å²) in [6.07, 6.45) is 12.2. The Morgan fingerprint density at radius 1 is 0.846 bits per heavy atom. The highest BCUT2D eigenvalue weighted by atomic mass is 16.6. The average Bonchev–Trinajstić information content (AvgIpc) is 2.93. The molecular weight excluding hydrogens is 332 g/mol. The number of fused-ring (bicyclic) bond motifs is 1. The van der Waals surface area contributed by atoms with E-state index in [-0.39, 0.29) is 16.7 Å². The molecule has 0 bridgehead atoms. The van der Waals surface area contributed by atoms with E-state index >= 15 is 0 Å². The van der Waals surface area contributed by atoms with Crippen LogP contribution >= 0.6 is 0 Å². The summed E-state index contributed by atoms with van der Waals surface area (Å²) in [5, 5.41) is 0. The molecule has 0 saturated carbocycles. The quantitative estimate of drug-likeness (QED) is 0.295. The number of benzene rings is 1. The monoisotopic (exact) mass is 360 g/mol. The van der Waals surface area contributed by atoms with Crippen molar-refractivity contribution in [1.29, 1.82) is 0 Å². The third-order valence-electron chi connectivity index (χ3n) is 4.61. The van der Waals surface area contributed by atoms with Crippen molar-refractivity contribution < 1.29 is 23.9 Å². The van der Waals surface area contributed by atoms with Crippen LogP contribution in [0.5, 0.6) is 0 Å². The zero-order valence-electron chi connectivity index (χ0n) is 15.6. The van der Waals surface area contributed by atoms with Gasteiger partial charge < -0.3 is 9.47 Å². The van der Waals surface area contributed by atoms with Gasteiger partial charge in [0.15, 0.2) is 0 Å². The standard InChI is InChI=1S/C21H28O5/c1-2-3-4-5-6-7-8-9-10-11-14-25-19(22)16-12-13-17-18(15-16)21(24)26-20(17)23/h12-13,15H,2-11,14H2,1H3. The van der Waals surface area contributed by atoms with Gasteiger partial charge in [0, 0.05) is 0 Å². The van der Waals surface area contributed by atoms with Crippen LogP contribution in [0.2, 0.25) is 0 Å². The second-order valence-electron chi connectivity index (χ2n) is 6.76. The van der Waals surface area contributed by atoms with E-state index in [1.807, 2.05) is 0 Å². The van der Waals surface area contributed by atoms with Gasteiger partial charge in [0.2, 0.25) is 0 Å². The van der Waals surface area contributed by atoms with E-state index in [4.69, 9.17) is 4.74 Å². The Balaban J connectivity index is 1.58. The minimum absolute atomic E-state index is 0.128. The molecule has 0 amide bonds. The van der Waals surface area contributed by atoms with Gasteiger partial charge in [0.1, 0.15) is 0 Å². The molecule has 1 heterocycles. The molecule has 2 rings (SSSR count). The smallest absolute Gasteiger partial charge is 0.346 e. The lowest BCUT2D eigenvalue weighted by atomic mass is 10.1. The minimum Gasteiger partial charge on any atom is -0.462 e. The van der Waals surface area contributed by atoms with Crippen molar-refractivity contribution in [3.8, 4) is 0 Å². The number of carbonyl (C=O) groups is 3. The van der Waals surface area contributed by atoms with Crippen molar-refractivity contribution in [1.82, 2.24) is 0 Å². The predicted octanol–water partition coefficient (Wildman–Crippen LogP) is 5.07. The lowest BCUT2D eigenvalue weighted by Gasteiger charge is -2.06. The Bertz CT molecular complexity index is 635. The molecule has 0 aliphatic carbocycles. The Morgan fingerprint density at radius 3 is 2.08 bits per heavy atom. The fraction of sp³-hybridized carbons (Fsp3) is 0.571. The van der Waals surface area contributed by atoms with Crippen molar-refractivity contribution in [3.63, 3.8) is 0 Å². The second kappa shape index (κ2) is 10.7. The van der Waals surface area contributed by atoms with Gasteiger partial charge in [-0.1, -0.05) is 64.7 Å². The Morgan fingerprint density at radius 2 is 1.42 bits per heavy atom. The normalized spacial score (nSPS) is 12.8. The Kier molecular flexibility index (Phi) is 8.32. The molecule has 142 valence electrons. The van der Waals surface area contributed by atoms with E-state index in [1.54, 1.807) is 0 Å². The van der Waals surface area contributed by atoms with Gasteiger partial charge in [-0.15, -0.1) is 0 Å². The van der Waals surface area contributed by atoms with Gasteiger partial charge in [0.05, 0.1) is 23.3 Å². The van der Waals surface area contributed by atoms with E-state index in [1.165, 1.54) is 63.1 Å². The minimum atomic E-state index is -0.714. The maximum Gasteiger partial charge on any atom is 0.346 e. The summed E-state index contributed by atoms with van der Waals surface area (Å²) in [6.45, 7) is 2.60. The van der Waals surface area contributed by atoms with Crippen molar-refractivity contribution >= 4 is 17.9 Å². The Labute approximate surface area is 155 Å². The summed E-state index contributed by atoms with van der Waals surface area (Å²) in [4.78, 5) is 34.9. The summed E-state index contributed by atoms with van der Waals surface area (Å²) in [7, 11) is 0. The van der Waals surface area contributed by atoms with Crippen LogP contribution in [0.25, 0.3) is 0 Å². The van der Waals surface area contributed by atoms with Crippen LogP contribution in [0.3, 0.4) is 0 Å². The number of ether oxygens (including phenoxy) is 2. The van der Waals surface area contributed by atoms with Crippen LogP contribution in [0, 0.1) is 0 Å². The summed E-state index contributed by atoms with van der Waals surface area (Å²) < 4.78 is 9.75. The van der Waals surface area contributed by atoms with Crippen LogP contribution in [-0.4, -0.2) is 24.5 Å². The molecule has 0 aromatic heterocycles. The SMILES string of the molecule is CCCCCCCCCCCCOC(=O)c1ccc2c(c1)C(=O)OC2=O. The molecule has 26 heavy (non-hydrogen) atoms.